The molecule has 0 aromatic heterocycles. The summed E-state index contributed by atoms with van der Waals surface area (Å²) in [6, 6.07) is 14.2. The number of esters is 1. The van der Waals surface area contributed by atoms with Gasteiger partial charge in [0.05, 0.1) is 37.3 Å². The van der Waals surface area contributed by atoms with E-state index in [1.165, 1.54) is 12.0 Å². The third kappa shape index (κ3) is 6.75. The van der Waals surface area contributed by atoms with Crippen LogP contribution >= 0.6 is 0 Å². The molecule has 0 saturated carbocycles. The van der Waals surface area contributed by atoms with E-state index >= 15 is 4.79 Å². The highest BCUT2D eigenvalue weighted by Crippen LogP contribution is 2.56. The molecule has 52 heavy (non-hydrogen) atoms. The summed E-state index contributed by atoms with van der Waals surface area (Å²) in [4.78, 5) is 62.8. The normalized spacial score (nSPS) is 30.2. The highest BCUT2D eigenvalue weighted by atomic mass is 16.6. The SMILES string of the molecule is CC[C@@H](CO)N1C(=O)[C@@H]2[C@H]3C(=O)O[C@@H](c4ccccc4)[C@H](COC)NC(=O)CC/C=C\CN(c4ccc(N(CC)CC)cc4)C(=O)[C@@H]1[C@]21C=C[C@H]3O1. The molecule has 2 saturated heterocycles. The van der Waals surface area contributed by atoms with Crippen LogP contribution < -0.4 is 15.1 Å². The first-order valence-electron chi connectivity index (χ1n) is 18.4. The summed E-state index contributed by atoms with van der Waals surface area (Å²) in [7, 11) is 1.51. The van der Waals surface area contributed by atoms with Crippen LogP contribution in [0.15, 0.2) is 78.9 Å². The lowest BCUT2D eigenvalue weighted by molar-refractivity contribution is -0.162. The van der Waals surface area contributed by atoms with Gasteiger partial charge in [-0.15, -0.1) is 0 Å². The van der Waals surface area contributed by atoms with E-state index in [2.05, 4.69) is 24.1 Å². The summed E-state index contributed by atoms with van der Waals surface area (Å²) in [5, 5.41) is 13.6. The summed E-state index contributed by atoms with van der Waals surface area (Å²) >= 11 is 0. The van der Waals surface area contributed by atoms with Gasteiger partial charge in [-0.05, 0) is 56.5 Å². The van der Waals surface area contributed by atoms with Gasteiger partial charge in [-0.3, -0.25) is 19.2 Å². The van der Waals surface area contributed by atoms with E-state index in [1.54, 1.807) is 17.1 Å². The maximum Gasteiger partial charge on any atom is 0.313 e. The number of ether oxygens (including phenoxy) is 3. The summed E-state index contributed by atoms with van der Waals surface area (Å²) in [5.41, 5.74) is 0.807. The molecule has 2 fully saturated rings. The molecule has 278 valence electrons. The lowest BCUT2D eigenvalue weighted by Crippen LogP contribution is -2.58. The first-order valence-corrected chi connectivity index (χ1v) is 18.4. The molecular weight excluding hydrogens is 664 g/mol. The van der Waals surface area contributed by atoms with Gasteiger partial charge in [-0.25, -0.2) is 0 Å². The van der Waals surface area contributed by atoms with Gasteiger partial charge in [0.2, 0.25) is 11.8 Å². The van der Waals surface area contributed by atoms with Crippen molar-refractivity contribution in [3.63, 3.8) is 0 Å². The Hall–Kier alpha value is -4.52. The minimum Gasteiger partial charge on any atom is -0.455 e. The second-order valence-corrected chi connectivity index (χ2v) is 13.7. The maximum absolute atomic E-state index is 15.1. The Morgan fingerprint density at radius 2 is 1.73 bits per heavy atom. The Bertz CT molecular complexity index is 1660. The standard InChI is InChI=1S/C40H50N4O8/c1-5-27(24-45)44-36-38(48)43(29-19-17-28(18-20-29)42(6-2)7-3)23-13-9-12-16-32(46)41-30(25-50-4)35(26-14-10-8-11-15-26)51-39(49)33-31-21-22-40(36,52-31)34(33)37(44)47/h8-11,13-15,17-22,27,30-31,33-36,45H,5-7,12,16,23-25H2,1-4H3,(H,41,46)/b13-9-/t27-,30-,31+,33-,34-,35-,36+,40-/m0/s1. The Labute approximate surface area is 305 Å². The highest BCUT2D eigenvalue weighted by Gasteiger charge is 2.74. The first kappa shape index (κ1) is 37.2. The van der Waals surface area contributed by atoms with Crippen molar-refractivity contribution < 1.29 is 38.5 Å². The summed E-state index contributed by atoms with van der Waals surface area (Å²) in [5.74, 6) is -3.92. The minimum atomic E-state index is -1.47. The predicted octanol–water partition coefficient (Wildman–Crippen LogP) is 3.55. The number of methoxy groups -OCH3 is 1. The largest absolute Gasteiger partial charge is 0.455 e. The maximum atomic E-state index is 15.1. The van der Waals surface area contributed by atoms with E-state index in [1.807, 2.05) is 73.7 Å². The number of hydrogen-bond acceptors (Lipinski definition) is 9. The van der Waals surface area contributed by atoms with Gasteiger partial charge < -0.3 is 39.3 Å². The predicted molar refractivity (Wildman–Crippen MR) is 195 cm³/mol. The molecule has 2 aromatic rings. The zero-order valence-corrected chi connectivity index (χ0v) is 30.4. The third-order valence-corrected chi connectivity index (χ3v) is 10.9. The van der Waals surface area contributed by atoms with Crippen molar-refractivity contribution in [1.29, 1.82) is 0 Å². The second-order valence-electron chi connectivity index (χ2n) is 13.7. The van der Waals surface area contributed by atoms with Crippen LogP contribution in [0, 0.1) is 11.8 Å². The summed E-state index contributed by atoms with van der Waals surface area (Å²) < 4.78 is 18.4. The number of carbonyl (C=O) groups excluding carboxylic acids is 4. The van der Waals surface area contributed by atoms with E-state index < -0.39 is 65.6 Å². The molecule has 12 nitrogen and oxygen atoms in total. The van der Waals surface area contributed by atoms with E-state index in [4.69, 9.17) is 14.2 Å². The number of aliphatic hydroxyl groups is 1. The van der Waals surface area contributed by atoms with Crippen LogP contribution in [0.4, 0.5) is 11.4 Å². The van der Waals surface area contributed by atoms with Gasteiger partial charge in [0.1, 0.15) is 23.7 Å². The van der Waals surface area contributed by atoms with E-state index in [0.29, 0.717) is 24.1 Å². The Morgan fingerprint density at radius 3 is 2.38 bits per heavy atom. The number of likely N-dealkylation sites (tertiary alicyclic amines) is 1. The molecular formula is C40H50N4O8. The van der Waals surface area contributed by atoms with Crippen LogP contribution in [0.3, 0.4) is 0 Å². The molecule has 0 aliphatic carbocycles. The Kier molecular flexibility index (Phi) is 11.5. The third-order valence-electron chi connectivity index (χ3n) is 10.9. The van der Waals surface area contributed by atoms with Crippen LogP contribution in [-0.4, -0.2) is 103 Å². The van der Waals surface area contributed by atoms with Gasteiger partial charge in [-0.1, -0.05) is 61.6 Å². The average molecular weight is 715 g/mol. The number of amides is 3. The molecule has 2 aromatic carbocycles. The lowest BCUT2D eigenvalue weighted by Gasteiger charge is -2.38. The Balaban J connectivity index is 1.46. The molecule has 8 atom stereocenters. The summed E-state index contributed by atoms with van der Waals surface area (Å²) in [6.07, 6.45) is 6.37. The number of nitrogens with one attached hydrogen (secondary N) is 1. The molecule has 1 spiro atoms. The van der Waals surface area contributed by atoms with Gasteiger partial charge in [0.15, 0.2) is 0 Å². The minimum absolute atomic E-state index is 0.0618. The second kappa shape index (κ2) is 16.0. The number of allylic oxidation sites excluding steroid dienone is 1. The fourth-order valence-corrected chi connectivity index (χ4v) is 8.27. The molecule has 5 bridgehead atoms. The van der Waals surface area contributed by atoms with Crippen LogP contribution in [-0.2, 0) is 33.4 Å². The summed E-state index contributed by atoms with van der Waals surface area (Å²) in [6.45, 7) is 7.50. The van der Waals surface area contributed by atoms with Gasteiger partial charge in [0.25, 0.3) is 5.91 Å². The molecule has 2 N–H and O–H groups in total. The Morgan fingerprint density at radius 1 is 1.00 bits per heavy atom. The molecule has 4 aliphatic rings. The number of fused-ring (bicyclic) bond motifs is 2. The number of cyclic esters (lactones) is 1. The molecule has 0 radical (unpaired) electrons. The zero-order chi connectivity index (χ0) is 37.0. The number of benzene rings is 2. The van der Waals surface area contributed by atoms with E-state index in [9.17, 15) is 19.5 Å². The van der Waals surface area contributed by atoms with Crippen molar-refractivity contribution >= 4 is 35.1 Å². The average Bonchev–Trinajstić information content (AvgIpc) is 3.80. The van der Waals surface area contributed by atoms with Gasteiger partial charge in [-0.2, -0.15) is 0 Å². The van der Waals surface area contributed by atoms with Crippen molar-refractivity contribution in [2.24, 2.45) is 11.8 Å². The highest BCUT2D eigenvalue weighted by molar-refractivity contribution is 6.05. The van der Waals surface area contributed by atoms with Crippen molar-refractivity contribution in [3.8, 4) is 0 Å². The quantitative estimate of drug-likeness (QED) is 0.280. The molecule has 12 heteroatoms. The van der Waals surface area contributed by atoms with Crippen molar-refractivity contribution in [2.45, 2.75) is 76.0 Å². The number of aliphatic hydroxyl groups excluding tert-OH is 1. The van der Waals surface area contributed by atoms with Crippen molar-refractivity contribution in [1.82, 2.24) is 10.2 Å². The number of anilines is 2. The van der Waals surface area contributed by atoms with Gasteiger partial charge in [0, 0.05) is 44.5 Å². The number of carbonyl (C=O) groups is 4. The molecule has 0 unspecified atom stereocenters. The van der Waals surface area contributed by atoms with E-state index in [0.717, 1.165) is 18.8 Å². The molecule has 3 amide bonds. The first-order chi connectivity index (χ1) is 25.2. The lowest BCUT2D eigenvalue weighted by atomic mass is 9.74. The van der Waals surface area contributed by atoms with Crippen LogP contribution in [0.2, 0.25) is 0 Å². The van der Waals surface area contributed by atoms with E-state index in [-0.39, 0.29) is 32.1 Å². The number of hydrogen-bond donors (Lipinski definition) is 2. The van der Waals surface area contributed by atoms with Gasteiger partial charge >= 0.3 is 5.97 Å². The van der Waals surface area contributed by atoms with Crippen LogP contribution in [0.5, 0.6) is 0 Å². The molecule has 4 heterocycles. The fraction of sp³-hybridized carbons (Fsp3) is 0.500. The zero-order valence-electron chi connectivity index (χ0n) is 30.4. The fourth-order valence-electron chi connectivity index (χ4n) is 8.27. The monoisotopic (exact) mass is 714 g/mol. The topological polar surface area (TPSA) is 138 Å². The molecule has 6 rings (SSSR count). The molecule has 4 aliphatic heterocycles. The number of rotatable bonds is 10. The number of nitrogens with zero attached hydrogens (tertiary/aromatic N) is 3. The smallest absolute Gasteiger partial charge is 0.313 e. The van der Waals surface area contributed by atoms with Crippen LogP contribution in [0.25, 0.3) is 0 Å². The van der Waals surface area contributed by atoms with Crippen LogP contribution in [0.1, 0.15) is 51.7 Å². The van der Waals surface area contributed by atoms with Crippen molar-refractivity contribution in [2.75, 3.05) is 49.8 Å². The van der Waals surface area contributed by atoms with Crippen molar-refractivity contribution in [3.05, 3.63) is 84.5 Å².